The SMILES string of the molecule is COc1ccc(NC(=O)C2(CN)CC(C)C2)cn1. The number of methoxy groups -OCH3 is 1. The maximum Gasteiger partial charge on any atom is 0.231 e. The molecule has 1 aromatic rings. The zero-order valence-electron chi connectivity index (χ0n) is 10.8. The van der Waals surface area contributed by atoms with Gasteiger partial charge in [-0.15, -0.1) is 0 Å². The molecule has 2 rings (SSSR count). The summed E-state index contributed by atoms with van der Waals surface area (Å²) in [6.45, 7) is 2.53. The zero-order valence-corrected chi connectivity index (χ0v) is 10.8. The average Bonchev–Trinajstić information content (AvgIpc) is 2.35. The first-order chi connectivity index (χ1) is 8.59. The molecule has 1 aromatic heterocycles. The fourth-order valence-electron chi connectivity index (χ4n) is 2.56. The van der Waals surface area contributed by atoms with E-state index in [1.54, 1.807) is 25.4 Å². The molecule has 0 aliphatic heterocycles. The van der Waals surface area contributed by atoms with Crippen molar-refractivity contribution < 1.29 is 9.53 Å². The summed E-state index contributed by atoms with van der Waals surface area (Å²) in [7, 11) is 1.56. The molecular formula is C13H19N3O2. The van der Waals surface area contributed by atoms with Crippen molar-refractivity contribution >= 4 is 11.6 Å². The second-order valence-corrected chi connectivity index (χ2v) is 5.04. The van der Waals surface area contributed by atoms with Gasteiger partial charge in [-0.1, -0.05) is 6.92 Å². The number of nitrogens with two attached hydrogens (primary N) is 1. The van der Waals surface area contributed by atoms with E-state index >= 15 is 0 Å². The van der Waals surface area contributed by atoms with Crippen molar-refractivity contribution in [3.8, 4) is 5.88 Å². The Morgan fingerprint density at radius 3 is 2.78 bits per heavy atom. The molecule has 0 atom stereocenters. The van der Waals surface area contributed by atoms with Crippen LogP contribution in [0, 0.1) is 11.3 Å². The summed E-state index contributed by atoms with van der Waals surface area (Å²) < 4.78 is 4.97. The number of nitrogens with zero attached hydrogens (tertiary/aromatic N) is 1. The first kappa shape index (κ1) is 12.8. The average molecular weight is 249 g/mol. The Balaban J connectivity index is 2.02. The molecule has 0 bridgehead atoms. The smallest absolute Gasteiger partial charge is 0.231 e. The molecular weight excluding hydrogens is 230 g/mol. The van der Waals surface area contributed by atoms with Gasteiger partial charge in [-0.2, -0.15) is 0 Å². The van der Waals surface area contributed by atoms with Gasteiger partial charge in [0, 0.05) is 12.6 Å². The molecule has 1 aliphatic rings. The topological polar surface area (TPSA) is 77.2 Å². The number of pyridine rings is 1. The normalized spacial score (nSPS) is 26.3. The molecule has 1 fully saturated rings. The Kier molecular flexibility index (Phi) is 3.52. The van der Waals surface area contributed by atoms with Gasteiger partial charge in [0.05, 0.1) is 24.4 Å². The lowest BCUT2D eigenvalue weighted by Crippen LogP contribution is -2.51. The minimum Gasteiger partial charge on any atom is -0.481 e. The first-order valence-corrected chi connectivity index (χ1v) is 6.11. The Hall–Kier alpha value is -1.62. The summed E-state index contributed by atoms with van der Waals surface area (Å²) in [6.07, 6.45) is 3.31. The van der Waals surface area contributed by atoms with Crippen LogP contribution in [0.2, 0.25) is 0 Å². The largest absolute Gasteiger partial charge is 0.481 e. The Bertz CT molecular complexity index is 424. The van der Waals surface area contributed by atoms with E-state index in [1.807, 2.05) is 0 Å². The molecule has 5 nitrogen and oxygen atoms in total. The highest BCUT2D eigenvalue weighted by Gasteiger charge is 2.47. The van der Waals surface area contributed by atoms with Gasteiger partial charge >= 0.3 is 0 Å². The van der Waals surface area contributed by atoms with Crippen molar-refractivity contribution in [1.29, 1.82) is 0 Å². The van der Waals surface area contributed by atoms with E-state index in [-0.39, 0.29) is 11.3 Å². The lowest BCUT2D eigenvalue weighted by atomic mass is 9.62. The molecule has 1 heterocycles. The number of hydrogen-bond acceptors (Lipinski definition) is 4. The molecule has 1 aliphatic carbocycles. The number of anilines is 1. The summed E-state index contributed by atoms with van der Waals surface area (Å²) in [5, 5.41) is 2.87. The van der Waals surface area contributed by atoms with E-state index < -0.39 is 0 Å². The van der Waals surface area contributed by atoms with E-state index in [0.717, 1.165) is 12.8 Å². The third kappa shape index (κ3) is 2.31. The molecule has 3 N–H and O–H groups in total. The molecule has 5 heteroatoms. The maximum atomic E-state index is 12.2. The highest BCUT2D eigenvalue weighted by Crippen LogP contribution is 2.45. The van der Waals surface area contributed by atoms with Gasteiger partial charge in [-0.05, 0) is 24.8 Å². The minimum absolute atomic E-state index is 0.00457. The maximum absolute atomic E-state index is 12.2. The summed E-state index contributed by atoms with van der Waals surface area (Å²) in [4.78, 5) is 16.2. The number of nitrogens with one attached hydrogen (secondary N) is 1. The van der Waals surface area contributed by atoms with Crippen molar-refractivity contribution in [2.75, 3.05) is 19.0 Å². The standard InChI is InChI=1S/C13H19N3O2/c1-9-5-13(6-9,8-14)12(17)16-10-3-4-11(18-2)15-7-10/h3-4,7,9H,5-6,8,14H2,1-2H3,(H,16,17). The van der Waals surface area contributed by atoms with Gasteiger partial charge in [0.25, 0.3) is 0 Å². The molecule has 0 aromatic carbocycles. The van der Waals surface area contributed by atoms with Gasteiger partial charge in [-0.25, -0.2) is 4.98 Å². The number of carbonyl (C=O) groups is 1. The molecule has 0 radical (unpaired) electrons. The van der Waals surface area contributed by atoms with Gasteiger partial charge in [0.15, 0.2) is 0 Å². The van der Waals surface area contributed by atoms with E-state index in [9.17, 15) is 4.79 Å². The van der Waals surface area contributed by atoms with Gasteiger partial charge < -0.3 is 15.8 Å². The van der Waals surface area contributed by atoms with Crippen LogP contribution in [0.4, 0.5) is 5.69 Å². The number of amides is 1. The van der Waals surface area contributed by atoms with Crippen LogP contribution >= 0.6 is 0 Å². The molecule has 18 heavy (non-hydrogen) atoms. The second kappa shape index (κ2) is 4.94. The van der Waals surface area contributed by atoms with Crippen molar-refractivity contribution in [1.82, 2.24) is 4.98 Å². The fourth-order valence-corrected chi connectivity index (χ4v) is 2.56. The number of rotatable bonds is 4. The molecule has 0 unspecified atom stereocenters. The van der Waals surface area contributed by atoms with Crippen LogP contribution < -0.4 is 15.8 Å². The zero-order chi connectivity index (χ0) is 13.2. The van der Waals surface area contributed by atoms with Crippen molar-refractivity contribution in [3.05, 3.63) is 18.3 Å². The van der Waals surface area contributed by atoms with Crippen molar-refractivity contribution in [2.24, 2.45) is 17.1 Å². The minimum atomic E-state index is -0.390. The Labute approximate surface area is 107 Å². The second-order valence-electron chi connectivity index (χ2n) is 5.04. The summed E-state index contributed by atoms with van der Waals surface area (Å²) in [5.74, 6) is 1.10. The lowest BCUT2D eigenvalue weighted by Gasteiger charge is -2.44. The highest BCUT2D eigenvalue weighted by atomic mass is 16.5. The molecule has 1 saturated carbocycles. The van der Waals surface area contributed by atoms with E-state index in [4.69, 9.17) is 10.5 Å². The van der Waals surface area contributed by atoms with E-state index in [2.05, 4.69) is 17.2 Å². The third-order valence-corrected chi connectivity index (χ3v) is 3.55. The number of aromatic nitrogens is 1. The summed E-state index contributed by atoms with van der Waals surface area (Å²) >= 11 is 0. The molecule has 1 amide bonds. The van der Waals surface area contributed by atoms with E-state index in [1.165, 1.54) is 0 Å². The predicted octanol–water partition coefficient (Wildman–Crippen LogP) is 1.40. The number of ether oxygens (including phenoxy) is 1. The Morgan fingerprint density at radius 2 is 2.33 bits per heavy atom. The van der Waals surface area contributed by atoms with Crippen LogP contribution in [-0.2, 0) is 4.79 Å². The summed E-state index contributed by atoms with van der Waals surface area (Å²) in [5.41, 5.74) is 6.02. The van der Waals surface area contributed by atoms with Crippen LogP contribution in [0.15, 0.2) is 18.3 Å². The highest BCUT2D eigenvalue weighted by molar-refractivity contribution is 5.96. The number of hydrogen-bond donors (Lipinski definition) is 2. The van der Waals surface area contributed by atoms with Crippen molar-refractivity contribution in [2.45, 2.75) is 19.8 Å². The van der Waals surface area contributed by atoms with Crippen molar-refractivity contribution in [3.63, 3.8) is 0 Å². The lowest BCUT2D eigenvalue weighted by molar-refractivity contribution is -0.132. The van der Waals surface area contributed by atoms with Gasteiger partial charge in [0.2, 0.25) is 11.8 Å². The number of carbonyl (C=O) groups excluding carboxylic acids is 1. The van der Waals surface area contributed by atoms with Gasteiger partial charge in [0.1, 0.15) is 0 Å². The van der Waals surface area contributed by atoms with Crippen LogP contribution in [0.1, 0.15) is 19.8 Å². The summed E-state index contributed by atoms with van der Waals surface area (Å²) in [6, 6.07) is 3.49. The molecule has 0 spiro atoms. The van der Waals surface area contributed by atoms with E-state index in [0.29, 0.717) is 24.0 Å². The van der Waals surface area contributed by atoms with Gasteiger partial charge in [-0.3, -0.25) is 4.79 Å². The third-order valence-electron chi connectivity index (χ3n) is 3.55. The molecule has 0 saturated heterocycles. The monoisotopic (exact) mass is 249 g/mol. The van der Waals surface area contributed by atoms with Crippen LogP contribution in [0.5, 0.6) is 5.88 Å². The quantitative estimate of drug-likeness (QED) is 0.845. The molecule has 98 valence electrons. The Morgan fingerprint density at radius 1 is 1.61 bits per heavy atom. The fraction of sp³-hybridized carbons (Fsp3) is 0.538. The van der Waals surface area contributed by atoms with Crippen LogP contribution in [0.25, 0.3) is 0 Å². The van der Waals surface area contributed by atoms with Crippen LogP contribution in [0.3, 0.4) is 0 Å². The van der Waals surface area contributed by atoms with Crippen LogP contribution in [-0.4, -0.2) is 24.5 Å². The first-order valence-electron chi connectivity index (χ1n) is 6.11. The predicted molar refractivity (Wildman–Crippen MR) is 69.3 cm³/mol.